The number of carbonyl (C=O) groups excluding carboxylic acids is 2. The maximum Gasteiger partial charge on any atom is 0.333 e. The van der Waals surface area contributed by atoms with Crippen LogP contribution in [0.4, 0.5) is 10.5 Å². The molecule has 0 unspecified atom stereocenters. The van der Waals surface area contributed by atoms with Crippen molar-refractivity contribution in [3.8, 4) is 11.1 Å². The van der Waals surface area contributed by atoms with Crippen molar-refractivity contribution in [3.05, 3.63) is 94.6 Å². The van der Waals surface area contributed by atoms with Crippen LogP contribution in [0.25, 0.3) is 17.2 Å². The Kier molecular flexibility index (Phi) is 5.99. The van der Waals surface area contributed by atoms with Gasteiger partial charge in [-0.25, -0.2) is 9.69 Å². The van der Waals surface area contributed by atoms with Crippen LogP contribution >= 0.6 is 11.6 Å². The van der Waals surface area contributed by atoms with E-state index in [1.165, 1.54) is 23.3 Å². The number of benzene rings is 3. The number of nitrogens with zero attached hydrogens (tertiary/aromatic N) is 2. The number of hydrogen-bond donors (Lipinski definition) is 1. The van der Waals surface area contributed by atoms with Gasteiger partial charge in [0.1, 0.15) is 5.70 Å². The zero-order valence-corrected chi connectivity index (χ0v) is 18.9. The van der Waals surface area contributed by atoms with Crippen molar-refractivity contribution < 1.29 is 9.59 Å². The van der Waals surface area contributed by atoms with E-state index >= 15 is 0 Å². The number of anilines is 1. The topological polar surface area (TPSA) is 52.7 Å². The molecule has 1 N–H and O–H groups in total. The van der Waals surface area contributed by atoms with Crippen LogP contribution in [0.15, 0.2) is 78.5 Å². The minimum Gasteiger partial charge on any atom is -0.302 e. The summed E-state index contributed by atoms with van der Waals surface area (Å²) in [5.41, 5.74) is 4.92. The summed E-state index contributed by atoms with van der Waals surface area (Å²) in [6.07, 6.45) is 4.26. The molecule has 0 bridgehead atoms. The van der Waals surface area contributed by atoms with Gasteiger partial charge in [-0.15, -0.1) is 0 Å². The molecule has 0 radical (unpaired) electrons. The monoisotopic (exact) mass is 457 g/mol. The molecule has 2 aliphatic rings. The smallest absolute Gasteiger partial charge is 0.302 e. The Morgan fingerprint density at radius 3 is 2.06 bits per heavy atom. The lowest BCUT2D eigenvalue weighted by Gasteiger charge is -2.14. The zero-order valence-electron chi connectivity index (χ0n) is 18.1. The van der Waals surface area contributed by atoms with E-state index in [-0.39, 0.29) is 11.6 Å². The fourth-order valence-electron chi connectivity index (χ4n) is 4.30. The summed E-state index contributed by atoms with van der Waals surface area (Å²) < 4.78 is 0. The highest BCUT2D eigenvalue weighted by atomic mass is 35.5. The van der Waals surface area contributed by atoms with Crippen LogP contribution in [0.2, 0.25) is 5.02 Å². The third-order valence-electron chi connectivity index (χ3n) is 6.08. The molecule has 2 fully saturated rings. The van der Waals surface area contributed by atoms with Crippen LogP contribution in [0.1, 0.15) is 24.0 Å². The number of imide groups is 1. The van der Waals surface area contributed by atoms with E-state index in [0.717, 1.165) is 36.3 Å². The molecule has 2 aliphatic heterocycles. The largest absolute Gasteiger partial charge is 0.333 e. The van der Waals surface area contributed by atoms with Gasteiger partial charge in [0.2, 0.25) is 0 Å². The van der Waals surface area contributed by atoms with Crippen LogP contribution in [0.5, 0.6) is 0 Å². The predicted molar refractivity (Wildman–Crippen MR) is 132 cm³/mol. The van der Waals surface area contributed by atoms with E-state index in [2.05, 4.69) is 22.3 Å². The first-order valence-corrected chi connectivity index (χ1v) is 11.5. The Balaban J connectivity index is 1.30. The number of hydrogen-bond acceptors (Lipinski definition) is 3. The van der Waals surface area contributed by atoms with Crippen molar-refractivity contribution in [2.45, 2.75) is 19.4 Å². The molecule has 3 amide bonds. The van der Waals surface area contributed by atoms with Gasteiger partial charge in [0.05, 0.1) is 5.69 Å². The minimum absolute atomic E-state index is 0.272. The number of amides is 3. The van der Waals surface area contributed by atoms with E-state index in [4.69, 9.17) is 11.6 Å². The van der Waals surface area contributed by atoms with Gasteiger partial charge in [-0.2, -0.15) is 0 Å². The summed E-state index contributed by atoms with van der Waals surface area (Å²) in [7, 11) is 0. The van der Waals surface area contributed by atoms with E-state index in [9.17, 15) is 9.59 Å². The maximum atomic E-state index is 13.0. The standard InChI is InChI=1S/C27H24ClN3O2/c28-23-11-7-21(8-12-23)22-9-13-24(14-10-22)31-26(32)25(29-27(31)33)17-19-3-5-20(6-4-19)18-30-15-1-2-16-30/h3-14,17H,1-2,15-16,18H2,(H,29,33)/b25-17+. The van der Waals surface area contributed by atoms with Gasteiger partial charge < -0.3 is 5.32 Å². The molecule has 0 aliphatic carbocycles. The predicted octanol–water partition coefficient (Wildman–Crippen LogP) is 5.70. The van der Waals surface area contributed by atoms with Gasteiger partial charge in [-0.1, -0.05) is 60.1 Å². The van der Waals surface area contributed by atoms with Crippen LogP contribution < -0.4 is 10.2 Å². The summed E-state index contributed by atoms with van der Waals surface area (Å²) in [6, 6.07) is 22.5. The first-order valence-electron chi connectivity index (χ1n) is 11.1. The number of urea groups is 1. The third-order valence-corrected chi connectivity index (χ3v) is 6.33. The number of rotatable bonds is 5. The molecule has 3 aromatic carbocycles. The molecule has 2 heterocycles. The molecule has 0 spiro atoms. The van der Waals surface area contributed by atoms with Gasteiger partial charge in [0.15, 0.2) is 0 Å². The number of likely N-dealkylation sites (tertiary alicyclic amines) is 1. The number of halogens is 1. The molecule has 0 saturated carbocycles. The van der Waals surface area contributed by atoms with Crippen LogP contribution in [0.3, 0.4) is 0 Å². The van der Waals surface area contributed by atoms with E-state index in [1.54, 1.807) is 18.2 Å². The summed E-state index contributed by atoms with van der Waals surface area (Å²) in [5.74, 6) is -0.361. The summed E-state index contributed by atoms with van der Waals surface area (Å²) in [4.78, 5) is 29.1. The molecule has 0 aromatic heterocycles. The second kappa shape index (κ2) is 9.22. The van der Waals surface area contributed by atoms with E-state index in [1.807, 2.05) is 48.5 Å². The highest BCUT2D eigenvalue weighted by Crippen LogP contribution is 2.27. The summed E-state index contributed by atoms with van der Waals surface area (Å²) in [6.45, 7) is 3.26. The first kappa shape index (κ1) is 21.4. The molecule has 5 nitrogen and oxygen atoms in total. The molecule has 0 atom stereocenters. The molecular formula is C27H24ClN3O2. The molecule has 2 saturated heterocycles. The highest BCUT2D eigenvalue weighted by Gasteiger charge is 2.34. The van der Waals surface area contributed by atoms with Gasteiger partial charge in [-0.3, -0.25) is 9.69 Å². The second-order valence-corrected chi connectivity index (χ2v) is 8.84. The average molecular weight is 458 g/mol. The average Bonchev–Trinajstić information content (AvgIpc) is 3.43. The Bertz CT molecular complexity index is 1200. The van der Waals surface area contributed by atoms with Crippen molar-refractivity contribution in [1.29, 1.82) is 0 Å². The normalized spacial score (nSPS) is 17.7. The lowest BCUT2D eigenvalue weighted by Crippen LogP contribution is -2.30. The number of nitrogens with one attached hydrogen (secondary N) is 1. The van der Waals surface area contributed by atoms with Crippen molar-refractivity contribution in [1.82, 2.24) is 10.2 Å². The van der Waals surface area contributed by atoms with Crippen molar-refractivity contribution in [2.24, 2.45) is 0 Å². The third kappa shape index (κ3) is 4.70. The zero-order chi connectivity index (χ0) is 22.8. The Morgan fingerprint density at radius 1 is 0.818 bits per heavy atom. The lowest BCUT2D eigenvalue weighted by atomic mass is 10.1. The SMILES string of the molecule is O=C1N/C(=C/c2ccc(CN3CCCC3)cc2)C(=O)N1c1ccc(-c2ccc(Cl)cc2)cc1. The fourth-order valence-corrected chi connectivity index (χ4v) is 4.43. The van der Waals surface area contributed by atoms with Gasteiger partial charge in [0, 0.05) is 11.6 Å². The molecule has 33 heavy (non-hydrogen) atoms. The quantitative estimate of drug-likeness (QED) is 0.395. The van der Waals surface area contributed by atoms with E-state index in [0.29, 0.717) is 10.7 Å². The molecule has 6 heteroatoms. The number of carbonyl (C=O) groups is 2. The van der Waals surface area contributed by atoms with Crippen LogP contribution in [-0.2, 0) is 11.3 Å². The Hall–Kier alpha value is -3.41. The van der Waals surface area contributed by atoms with Crippen LogP contribution in [-0.4, -0.2) is 29.9 Å². The van der Waals surface area contributed by atoms with Crippen molar-refractivity contribution in [2.75, 3.05) is 18.0 Å². The molecule has 5 rings (SSSR count). The van der Waals surface area contributed by atoms with Gasteiger partial charge in [-0.05, 0) is 78.5 Å². The Morgan fingerprint density at radius 2 is 1.42 bits per heavy atom. The van der Waals surface area contributed by atoms with Crippen molar-refractivity contribution >= 4 is 35.3 Å². The van der Waals surface area contributed by atoms with Crippen molar-refractivity contribution in [3.63, 3.8) is 0 Å². The molecule has 3 aromatic rings. The Labute approximate surface area is 198 Å². The fraction of sp³-hybridized carbons (Fsp3) is 0.185. The summed E-state index contributed by atoms with van der Waals surface area (Å²) in [5, 5.41) is 3.38. The van der Waals surface area contributed by atoms with E-state index < -0.39 is 6.03 Å². The summed E-state index contributed by atoms with van der Waals surface area (Å²) >= 11 is 5.96. The first-order chi connectivity index (χ1) is 16.1. The highest BCUT2D eigenvalue weighted by molar-refractivity contribution is 6.30. The van der Waals surface area contributed by atoms with Gasteiger partial charge >= 0.3 is 6.03 Å². The molecule has 166 valence electrons. The van der Waals surface area contributed by atoms with Crippen LogP contribution in [0, 0.1) is 0 Å². The maximum absolute atomic E-state index is 13.0. The van der Waals surface area contributed by atoms with Gasteiger partial charge in [0.25, 0.3) is 5.91 Å². The lowest BCUT2D eigenvalue weighted by molar-refractivity contribution is -0.113. The second-order valence-electron chi connectivity index (χ2n) is 8.41. The minimum atomic E-state index is -0.448. The molecular weight excluding hydrogens is 434 g/mol.